The molecule has 1 rings (SSSR count). The van der Waals surface area contributed by atoms with Crippen molar-refractivity contribution in [3.05, 3.63) is 29.8 Å². The monoisotopic (exact) mass is 262 g/mol. The lowest BCUT2D eigenvalue weighted by Crippen LogP contribution is -2.29. The number of nitriles is 1. The summed E-state index contributed by atoms with van der Waals surface area (Å²) in [6.07, 6.45) is 0.663. The molecule has 1 atom stereocenters. The van der Waals surface area contributed by atoms with Crippen LogP contribution in [0.4, 0.5) is 5.69 Å². The van der Waals surface area contributed by atoms with Crippen molar-refractivity contribution in [2.75, 3.05) is 31.7 Å². The van der Waals surface area contributed by atoms with Crippen molar-refractivity contribution in [2.24, 2.45) is 0 Å². The van der Waals surface area contributed by atoms with Gasteiger partial charge in [0, 0.05) is 31.5 Å². The molecule has 0 spiro atoms. The number of anilines is 1. The van der Waals surface area contributed by atoms with E-state index in [0.29, 0.717) is 32.5 Å². The maximum Gasteiger partial charge on any atom is 0.0807 e. The van der Waals surface area contributed by atoms with E-state index in [1.807, 2.05) is 31.2 Å². The van der Waals surface area contributed by atoms with Gasteiger partial charge in [-0.3, -0.25) is 0 Å². The minimum atomic E-state index is -0.469. The quantitative estimate of drug-likeness (QED) is 0.782. The Morgan fingerprint density at radius 3 is 2.74 bits per heavy atom. The molecule has 1 aromatic carbocycles. The fraction of sp³-hybridized carbons (Fsp3) is 0.533. The van der Waals surface area contributed by atoms with E-state index in [-0.39, 0.29) is 0 Å². The number of benzene rings is 1. The molecule has 0 unspecified atom stereocenters. The lowest BCUT2D eigenvalue weighted by molar-refractivity contribution is 0.173. The Hall–Kier alpha value is -1.57. The van der Waals surface area contributed by atoms with Crippen LogP contribution >= 0.6 is 0 Å². The summed E-state index contributed by atoms with van der Waals surface area (Å²) >= 11 is 0. The third kappa shape index (κ3) is 4.55. The van der Waals surface area contributed by atoms with Crippen molar-refractivity contribution in [1.82, 2.24) is 0 Å². The number of aliphatic hydroxyl groups is 1. The van der Waals surface area contributed by atoms with Gasteiger partial charge in [-0.25, -0.2) is 0 Å². The van der Waals surface area contributed by atoms with Crippen LogP contribution in [0.15, 0.2) is 24.3 Å². The fourth-order valence-electron chi connectivity index (χ4n) is 2.02. The number of nitrogens with zero attached hydrogens (tertiary/aromatic N) is 2. The Bertz CT molecular complexity index is 415. The highest BCUT2D eigenvalue weighted by Crippen LogP contribution is 2.28. The molecule has 104 valence electrons. The van der Waals surface area contributed by atoms with E-state index in [1.54, 1.807) is 7.11 Å². The van der Waals surface area contributed by atoms with Crippen LogP contribution in [-0.2, 0) is 4.74 Å². The first-order valence-corrected chi connectivity index (χ1v) is 6.62. The highest BCUT2D eigenvalue weighted by atomic mass is 16.5. The van der Waals surface area contributed by atoms with Crippen LogP contribution < -0.4 is 4.90 Å². The van der Waals surface area contributed by atoms with Crippen LogP contribution in [0, 0.1) is 11.3 Å². The predicted molar refractivity (Wildman–Crippen MR) is 76.0 cm³/mol. The van der Waals surface area contributed by atoms with Crippen molar-refractivity contribution in [3.8, 4) is 6.07 Å². The number of aliphatic hydroxyl groups excluding tert-OH is 1. The van der Waals surface area contributed by atoms with E-state index in [4.69, 9.17) is 10.00 Å². The van der Waals surface area contributed by atoms with E-state index in [9.17, 15) is 5.11 Å². The average Bonchev–Trinajstić information content (AvgIpc) is 2.47. The van der Waals surface area contributed by atoms with Gasteiger partial charge in [-0.2, -0.15) is 5.26 Å². The molecule has 0 heterocycles. The van der Waals surface area contributed by atoms with Crippen LogP contribution in [0.2, 0.25) is 0 Å². The van der Waals surface area contributed by atoms with Gasteiger partial charge in [0.05, 0.1) is 25.2 Å². The maximum absolute atomic E-state index is 10.1. The molecule has 0 bridgehead atoms. The minimum absolute atomic E-state index is 0.459. The van der Waals surface area contributed by atoms with E-state index in [2.05, 4.69) is 11.0 Å². The van der Waals surface area contributed by atoms with Crippen molar-refractivity contribution in [3.63, 3.8) is 0 Å². The molecule has 0 saturated carbocycles. The van der Waals surface area contributed by atoms with E-state index >= 15 is 0 Å². The number of para-hydroxylation sites is 1. The van der Waals surface area contributed by atoms with Gasteiger partial charge < -0.3 is 14.7 Å². The van der Waals surface area contributed by atoms with Gasteiger partial charge in [0.2, 0.25) is 0 Å². The summed E-state index contributed by atoms with van der Waals surface area (Å²) in [5, 5.41) is 18.8. The summed E-state index contributed by atoms with van der Waals surface area (Å²) in [6.45, 7) is 3.91. The second kappa shape index (κ2) is 8.52. The van der Waals surface area contributed by atoms with Crippen molar-refractivity contribution in [1.29, 1.82) is 5.26 Å². The second-order valence-electron chi connectivity index (χ2n) is 4.37. The number of ether oxygens (including phenoxy) is 1. The molecule has 0 aliphatic carbocycles. The molecule has 0 aliphatic heterocycles. The van der Waals surface area contributed by atoms with Gasteiger partial charge in [0.15, 0.2) is 0 Å². The lowest BCUT2D eigenvalue weighted by atomic mass is 10.0. The largest absolute Gasteiger partial charge is 0.388 e. The molecule has 19 heavy (non-hydrogen) atoms. The molecular weight excluding hydrogens is 240 g/mol. The zero-order valence-electron chi connectivity index (χ0n) is 11.7. The maximum atomic E-state index is 10.1. The first-order valence-electron chi connectivity index (χ1n) is 6.62. The molecule has 1 aromatic rings. The van der Waals surface area contributed by atoms with Gasteiger partial charge >= 0.3 is 0 Å². The third-order valence-electron chi connectivity index (χ3n) is 3.08. The molecule has 4 nitrogen and oxygen atoms in total. The highest BCUT2D eigenvalue weighted by Gasteiger charge is 2.15. The minimum Gasteiger partial charge on any atom is -0.388 e. The molecule has 1 N–H and O–H groups in total. The van der Waals surface area contributed by atoms with Gasteiger partial charge in [-0.1, -0.05) is 25.1 Å². The van der Waals surface area contributed by atoms with Crippen LogP contribution in [-0.4, -0.2) is 31.9 Å². The van der Waals surface area contributed by atoms with E-state index < -0.39 is 6.10 Å². The first kappa shape index (κ1) is 15.5. The van der Waals surface area contributed by atoms with E-state index in [1.165, 1.54) is 0 Å². The van der Waals surface area contributed by atoms with Crippen molar-refractivity contribution < 1.29 is 9.84 Å². The fourth-order valence-corrected chi connectivity index (χ4v) is 2.02. The topological polar surface area (TPSA) is 56.5 Å². The number of hydrogen-bond acceptors (Lipinski definition) is 4. The number of rotatable bonds is 8. The van der Waals surface area contributed by atoms with Gasteiger partial charge in [-0.15, -0.1) is 0 Å². The molecule has 0 saturated heterocycles. The molecular formula is C15H22N2O2. The Morgan fingerprint density at radius 2 is 2.11 bits per heavy atom. The zero-order valence-corrected chi connectivity index (χ0v) is 11.7. The lowest BCUT2D eigenvalue weighted by Gasteiger charge is -2.27. The summed E-state index contributed by atoms with van der Waals surface area (Å²) in [7, 11) is 1.66. The van der Waals surface area contributed by atoms with Crippen LogP contribution in [0.5, 0.6) is 0 Å². The van der Waals surface area contributed by atoms with Crippen molar-refractivity contribution in [2.45, 2.75) is 25.9 Å². The number of hydrogen-bond donors (Lipinski definition) is 1. The Balaban J connectivity index is 2.96. The molecule has 0 fully saturated rings. The van der Waals surface area contributed by atoms with Gasteiger partial charge in [0.1, 0.15) is 0 Å². The third-order valence-corrected chi connectivity index (χ3v) is 3.08. The smallest absolute Gasteiger partial charge is 0.0807 e. The molecule has 0 aliphatic rings. The zero-order chi connectivity index (χ0) is 14.1. The average molecular weight is 262 g/mol. The normalized spacial score (nSPS) is 11.9. The van der Waals surface area contributed by atoms with Gasteiger partial charge in [-0.05, 0) is 12.5 Å². The summed E-state index contributed by atoms with van der Waals surface area (Å²) in [6, 6.07) is 9.97. The molecule has 0 aromatic heterocycles. The molecule has 0 radical (unpaired) electrons. The van der Waals surface area contributed by atoms with Crippen LogP contribution in [0.1, 0.15) is 31.4 Å². The van der Waals surface area contributed by atoms with Crippen molar-refractivity contribution >= 4 is 5.69 Å². The second-order valence-corrected chi connectivity index (χ2v) is 4.37. The summed E-state index contributed by atoms with van der Waals surface area (Å²) in [4.78, 5) is 2.10. The van der Waals surface area contributed by atoms with Crippen LogP contribution in [0.25, 0.3) is 0 Å². The summed E-state index contributed by atoms with van der Waals surface area (Å²) in [5.41, 5.74) is 1.91. The standard InChI is InChI=1S/C15H22N2O2/c1-3-15(18)13-7-4-5-8-14(13)17(10-6-9-16)11-12-19-2/h4-5,7-8,15,18H,3,6,10-12H2,1-2H3/t15-/m1/s1. The Kier molecular flexibility index (Phi) is 6.94. The van der Waals surface area contributed by atoms with Gasteiger partial charge in [0.25, 0.3) is 0 Å². The van der Waals surface area contributed by atoms with Crippen LogP contribution in [0.3, 0.4) is 0 Å². The van der Waals surface area contributed by atoms with E-state index in [0.717, 1.165) is 11.3 Å². The Labute approximate surface area is 115 Å². The highest BCUT2D eigenvalue weighted by molar-refractivity contribution is 5.54. The SMILES string of the molecule is CC[C@@H](O)c1ccccc1N(CCC#N)CCOC. The number of methoxy groups -OCH3 is 1. The first-order chi connectivity index (χ1) is 9.24. The molecule has 0 amide bonds. The summed E-state index contributed by atoms with van der Waals surface area (Å²) < 4.78 is 5.11. The predicted octanol–water partition coefficient (Wildman–Crippen LogP) is 2.50. The molecule has 4 heteroatoms. The Morgan fingerprint density at radius 1 is 1.37 bits per heavy atom. The summed E-state index contributed by atoms with van der Waals surface area (Å²) in [5.74, 6) is 0.